The summed E-state index contributed by atoms with van der Waals surface area (Å²) in [4.78, 5) is 2.53. The van der Waals surface area contributed by atoms with E-state index in [0.29, 0.717) is 0 Å². The SMILES string of the molecule is c1ccc(-c2ccc(N(c3cc(-c4ccccc4)cc(-c4ccccc4)c3)c3cccc4c3C3(c5ccccc5-c5ccc(-c6ccccc6)cc53)c3ccccc3-4)cc2)cc1. The van der Waals surface area contributed by atoms with Crippen LogP contribution in [0.25, 0.3) is 66.8 Å². The maximum absolute atomic E-state index is 2.53. The van der Waals surface area contributed by atoms with Gasteiger partial charge in [-0.15, -0.1) is 0 Å². The Morgan fingerprint density at radius 1 is 0.242 bits per heavy atom. The Bertz CT molecular complexity index is 3190. The zero-order chi connectivity index (χ0) is 41.0. The van der Waals surface area contributed by atoms with Crippen LogP contribution in [0.15, 0.2) is 249 Å². The van der Waals surface area contributed by atoms with Gasteiger partial charge in [-0.1, -0.05) is 206 Å². The van der Waals surface area contributed by atoms with Gasteiger partial charge in [-0.05, 0) is 126 Å². The fourth-order valence-corrected chi connectivity index (χ4v) is 10.4. The van der Waals surface area contributed by atoms with E-state index in [4.69, 9.17) is 0 Å². The van der Waals surface area contributed by atoms with Crippen molar-refractivity contribution in [1.82, 2.24) is 0 Å². The molecule has 0 N–H and O–H groups in total. The van der Waals surface area contributed by atoms with Gasteiger partial charge in [0.25, 0.3) is 0 Å². The van der Waals surface area contributed by atoms with Crippen LogP contribution in [0.1, 0.15) is 22.3 Å². The van der Waals surface area contributed by atoms with Gasteiger partial charge in [-0.25, -0.2) is 0 Å². The topological polar surface area (TPSA) is 3.24 Å². The third kappa shape index (κ3) is 5.63. The van der Waals surface area contributed by atoms with Crippen LogP contribution >= 0.6 is 0 Å². The van der Waals surface area contributed by atoms with Crippen molar-refractivity contribution in [1.29, 1.82) is 0 Å². The van der Waals surface area contributed by atoms with Crippen LogP contribution < -0.4 is 4.90 Å². The molecule has 10 aromatic rings. The molecule has 2 aliphatic rings. The molecule has 0 heterocycles. The average molecular weight is 788 g/mol. The molecule has 62 heavy (non-hydrogen) atoms. The van der Waals surface area contributed by atoms with Gasteiger partial charge in [-0.2, -0.15) is 0 Å². The van der Waals surface area contributed by atoms with Crippen LogP contribution in [0.3, 0.4) is 0 Å². The van der Waals surface area contributed by atoms with E-state index in [2.05, 4.69) is 254 Å². The molecule has 0 radical (unpaired) electrons. The van der Waals surface area contributed by atoms with Crippen LogP contribution in [0.4, 0.5) is 17.1 Å². The Morgan fingerprint density at radius 3 is 1.23 bits per heavy atom. The molecule has 0 amide bonds. The first-order valence-electron chi connectivity index (χ1n) is 21.5. The number of benzene rings is 10. The fourth-order valence-electron chi connectivity index (χ4n) is 10.4. The number of hydrogen-bond acceptors (Lipinski definition) is 1. The molecule has 1 unspecified atom stereocenters. The Labute approximate surface area is 363 Å². The third-order valence-electron chi connectivity index (χ3n) is 13.1. The van der Waals surface area contributed by atoms with Gasteiger partial charge in [0.1, 0.15) is 0 Å². The monoisotopic (exact) mass is 787 g/mol. The standard InChI is InChI=1S/C61H41N/c1-5-18-42(19-6-1)46-32-35-50(36-33-46)62(51-39-48(44-22-9-3-10-23-44)38-49(40-51)45-24-11-4-12-25-45)59-31-17-28-55-53-27-14-16-30-57(53)61(60(55)59)56-29-15-13-26-52(56)54-37-34-47(41-58(54)61)43-20-7-2-8-21-43/h1-41H. The van der Waals surface area contributed by atoms with Gasteiger partial charge in [0.15, 0.2) is 0 Å². The number of anilines is 3. The Hall–Kier alpha value is -8.00. The first-order chi connectivity index (χ1) is 30.8. The van der Waals surface area contributed by atoms with E-state index in [1.807, 2.05) is 0 Å². The minimum Gasteiger partial charge on any atom is -0.310 e. The van der Waals surface area contributed by atoms with E-state index in [-0.39, 0.29) is 0 Å². The smallest absolute Gasteiger partial charge is 0.0746 e. The first-order valence-corrected chi connectivity index (χ1v) is 21.5. The lowest BCUT2D eigenvalue weighted by Crippen LogP contribution is -2.28. The molecule has 290 valence electrons. The maximum Gasteiger partial charge on any atom is 0.0746 e. The zero-order valence-corrected chi connectivity index (χ0v) is 34.1. The molecule has 0 fully saturated rings. The molecule has 2 aliphatic carbocycles. The lowest BCUT2D eigenvalue weighted by Gasteiger charge is -2.36. The van der Waals surface area contributed by atoms with Crippen molar-refractivity contribution in [2.75, 3.05) is 4.90 Å². The van der Waals surface area contributed by atoms with E-state index in [1.54, 1.807) is 0 Å². The van der Waals surface area contributed by atoms with Crippen LogP contribution in [-0.4, -0.2) is 0 Å². The molecular weight excluding hydrogens is 747 g/mol. The summed E-state index contributed by atoms with van der Waals surface area (Å²) in [6.07, 6.45) is 0. The summed E-state index contributed by atoms with van der Waals surface area (Å²) in [5, 5.41) is 0. The molecule has 12 rings (SSSR count). The van der Waals surface area contributed by atoms with Gasteiger partial charge in [0.05, 0.1) is 11.1 Å². The van der Waals surface area contributed by atoms with E-state index < -0.39 is 5.41 Å². The summed E-state index contributed by atoms with van der Waals surface area (Å²) in [7, 11) is 0. The molecule has 1 nitrogen and oxygen atoms in total. The Morgan fingerprint density at radius 2 is 0.661 bits per heavy atom. The van der Waals surface area contributed by atoms with E-state index in [0.717, 1.165) is 17.1 Å². The average Bonchev–Trinajstić information content (AvgIpc) is 3.83. The molecule has 0 aromatic heterocycles. The summed E-state index contributed by atoms with van der Waals surface area (Å²) in [5.41, 5.74) is 22.7. The van der Waals surface area contributed by atoms with Crippen LogP contribution in [0.5, 0.6) is 0 Å². The highest BCUT2D eigenvalue weighted by Crippen LogP contribution is 2.65. The molecule has 0 saturated carbocycles. The normalized spacial score (nSPS) is 14.2. The molecule has 0 bridgehead atoms. The summed E-state index contributed by atoms with van der Waals surface area (Å²) < 4.78 is 0. The molecular formula is C61H41N. The maximum atomic E-state index is 2.53. The van der Waals surface area contributed by atoms with Gasteiger partial charge in [0.2, 0.25) is 0 Å². The third-order valence-corrected chi connectivity index (χ3v) is 13.1. The predicted molar refractivity (Wildman–Crippen MR) is 259 cm³/mol. The first kappa shape index (κ1) is 35.9. The van der Waals surface area contributed by atoms with E-state index >= 15 is 0 Å². The van der Waals surface area contributed by atoms with Gasteiger partial charge >= 0.3 is 0 Å². The minimum atomic E-state index is -0.583. The van der Waals surface area contributed by atoms with Crippen molar-refractivity contribution in [2.24, 2.45) is 0 Å². The molecule has 1 spiro atoms. The lowest BCUT2D eigenvalue weighted by atomic mass is 9.69. The Balaban J connectivity index is 1.18. The lowest BCUT2D eigenvalue weighted by molar-refractivity contribution is 0.793. The summed E-state index contributed by atoms with van der Waals surface area (Å²) in [6, 6.07) is 91.7. The Kier molecular flexibility index (Phi) is 8.47. The molecule has 0 saturated heterocycles. The van der Waals surface area contributed by atoms with Crippen molar-refractivity contribution in [3.63, 3.8) is 0 Å². The second-order valence-corrected chi connectivity index (χ2v) is 16.4. The van der Waals surface area contributed by atoms with Crippen molar-refractivity contribution >= 4 is 17.1 Å². The number of hydrogen-bond donors (Lipinski definition) is 0. The number of fused-ring (bicyclic) bond motifs is 10. The van der Waals surface area contributed by atoms with Gasteiger partial charge in [0, 0.05) is 16.9 Å². The van der Waals surface area contributed by atoms with Crippen LogP contribution in [0, 0.1) is 0 Å². The van der Waals surface area contributed by atoms with Crippen LogP contribution in [0.2, 0.25) is 0 Å². The quantitative estimate of drug-likeness (QED) is 0.155. The number of nitrogens with zero attached hydrogens (tertiary/aromatic N) is 1. The second kappa shape index (κ2) is 14.6. The molecule has 1 atom stereocenters. The van der Waals surface area contributed by atoms with Crippen molar-refractivity contribution in [3.8, 4) is 66.8 Å². The van der Waals surface area contributed by atoms with Crippen molar-refractivity contribution in [2.45, 2.75) is 5.41 Å². The highest BCUT2D eigenvalue weighted by atomic mass is 15.1. The summed E-state index contributed by atoms with van der Waals surface area (Å²) in [6.45, 7) is 0. The van der Waals surface area contributed by atoms with E-state index in [9.17, 15) is 0 Å². The largest absolute Gasteiger partial charge is 0.310 e. The van der Waals surface area contributed by atoms with Crippen molar-refractivity contribution < 1.29 is 0 Å². The second-order valence-electron chi connectivity index (χ2n) is 16.4. The zero-order valence-electron chi connectivity index (χ0n) is 34.1. The van der Waals surface area contributed by atoms with Crippen molar-refractivity contribution in [3.05, 3.63) is 271 Å². The van der Waals surface area contributed by atoms with Crippen LogP contribution in [-0.2, 0) is 5.41 Å². The van der Waals surface area contributed by atoms with E-state index in [1.165, 1.54) is 89.0 Å². The molecule has 0 aliphatic heterocycles. The van der Waals surface area contributed by atoms with Gasteiger partial charge < -0.3 is 4.90 Å². The fraction of sp³-hybridized carbons (Fsp3) is 0.0164. The molecule has 1 heteroatoms. The predicted octanol–water partition coefficient (Wildman–Crippen LogP) is 16.2. The number of rotatable bonds is 7. The highest BCUT2D eigenvalue weighted by molar-refractivity contribution is 6.00. The summed E-state index contributed by atoms with van der Waals surface area (Å²) >= 11 is 0. The molecule has 10 aromatic carbocycles. The van der Waals surface area contributed by atoms with Gasteiger partial charge in [-0.3, -0.25) is 0 Å². The highest BCUT2D eigenvalue weighted by Gasteiger charge is 2.53. The minimum absolute atomic E-state index is 0.583. The summed E-state index contributed by atoms with van der Waals surface area (Å²) in [5.74, 6) is 0.